The van der Waals surface area contributed by atoms with Crippen LogP contribution in [0.5, 0.6) is 0 Å². The van der Waals surface area contributed by atoms with Crippen LogP contribution in [0.2, 0.25) is 0 Å². The van der Waals surface area contributed by atoms with Gasteiger partial charge in [-0.2, -0.15) is 0 Å². The molecule has 0 aliphatic heterocycles. The van der Waals surface area contributed by atoms with Crippen molar-refractivity contribution in [3.8, 4) is 0 Å². The van der Waals surface area contributed by atoms with Gasteiger partial charge in [-0.05, 0) is 23.1 Å². The Balaban J connectivity index is 3.40. The zero-order valence-corrected chi connectivity index (χ0v) is 10.0. The minimum atomic E-state index is 0.0338. The van der Waals surface area contributed by atoms with E-state index < -0.39 is 0 Å². The van der Waals surface area contributed by atoms with Crippen LogP contribution in [0.25, 0.3) is 0 Å². The van der Waals surface area contributed by atoms with Gasteiger partial charge in [-0.15, -0.1) is 0 Å². The van der Waals surface area contributed by atoms with E-state index >= 15 is 0 Å². The van der Waals surface area contributed by atoms with Gasteiger partial charge in [0.25, 0.3) is 11.7 Å². The molecule has 1 aromatic rings. The lowest BCUT2D eigenvalue weighted by molar-refractivity contribution is -0.116. The molecule has 0 unspecified atom stereocenters. The molecule has 0 radical (unpaired) electrons. The van der Waals surface area contributed by atoms with Crippen molar-refractivity contribution in [3.63, 3.8) is 0 Å². The summed E-state index contributed by atoms with van der Waals surface area (Å²) in [5.74, 6) is 0.457. The van der Waals surface area contributed by atoms with E-state index in [1.165, 1.54) is 0 Å². The Morgan fingerprint density at radius 3 is 1.88 bits per heavy atom. The van der Waals surface area contributed by atoms with E-state index in [0.717, 1.165) is 5.56 Å². The average Bonchev–Trinajstić information content (AvgIpc) is 2.15. The SMILES string of the molecule is CC(C)(C)c1ccc(C(N)=[NH2+])c(C(N)=[NH2+])c1. The zero-order valence-electron chi connectivity index (χ0n) is 10.0. The fraction of sp³-hybridized carbons (Fsp3) is 0.333. The molecular formula is C12H20N4+2. The van der Waals surface area contributed by atoms with Gasteiger partial charge in [0.05, 0.1) is 11.1 Å². The van der Waals surface area contributed by atoms with Crippen LogP contribution in [0.4, 0.5) is 0 Å². The fourth-order valence-electron chi connectivity index (χ4n) is 1.50. The first kappa shape index (κ1) is 12.2. The number of nitrogens with two attached hydrogens (primary N) is 4. The molecular weight excluding hydrogens is 200 g/mol. The molecule has 8 N–H and O–H groups in total. The van der Waals surface area contributed by atoms with Gasteiger partial charge in [0.15, 0.2) is 0 Å². The largest absolute Gasteiger partial charge is 0.287 e. The first-order chi connectivity index (χ1) is 7.23. The van der Waals surface area contributed by atoms with Crippen molar-refractivity contribution in [1.82, 2.24) is 0 Å². The molecule has 0 aliphatic rings. The van der Waals surface area contributed by atoms with Crippen LogP contribution in [0.15, 0.2) is 18.2 Å². The molecule has 86 valence electrons. The Kier molecular flexibility index (Phi) is 3.03. The summed E-state index contributed by atoms with van der Waals surface area (Å²) in [5, 5.41) is 11.2. The van der Waals surface area contributed by atoms with Crippen LogP contribution in [-0.4, -0.2) is 11.7 Å². The third-order valence-electron chi connectivity index (χ3n) is 2.51. The van der Waals surface area contributed by atoms with Gasteiger partial charge >= 0.3 is 0 Å². The first-order valence-electron chi connectivity index (χ1n) is 5.14. The average molecular weight is 220 g/mol. The summed E-state index contributed by atoms with van der Waals surface area (Å²) < 4.78 is 0. The molecule has 0 saturated heterocycles. The molecule has 0 aromatic heterocycles. The summed E-state index contributed by atoms with van der Waals surface area (Å²) in [6.07, 6.45) is 0. The predicted octanol–water partition coefficient (Wildman–Crippen LogP) is -2.09. The van der Waals surface area contributed by atoms with Gasteiger partial charge in [0, 0.05) is 0 Å². The van der Waals surface area contributed by atoms with Crippen LogP contribution in [0.1, 0.15) is 37.5 Å². The van der Waals surface area contributed by atoms with Crippen molar-refractivity contribution < 1.29 is 10.8 Å². The van der Waals surface area contributed by atoms with E-state index in [9.17, 15) is 0 Å². The highest BCUT2D eigenvalue weighted by atomic mass is 14.7. The molecule has 0 saturated carbocycles. The Labute approximate surface area is 95.7 Å². The Bertz CT molecular complexity index is 441. The molecule has 16 heavy (non-hydrogen) atoms. The second kappa shape index (κ2) is 3.96. The highest BCUT2D eigenvalue weighted by molar-refractivity contribution is 6.06. The van der Waals surface area contributed by atoms with E-state index in [0.29, 0.717) is 11.1 Å². The first-order valence-corrected chi connectivity index (χ1v) is 5.14. The number of hydrogen-bond acceptors (Lipinski definition) is 0. The van der Waals surface area contributed by atoms with Gasteiger partial charge in [-0.1, -0.05) is 26.8 Å². The third kappa shape index (κ3) is 2.39. The summed E-state index contributed by atoms with van der Waals surface area (Å²) in [5.41, 5.74) is 13.8. The number of benzene rings is 1. The molecule has 4 heteroatoms. The Hall–Kier alpha value is -1.84. The summed E-state index contributed by atoms with van der Waals surface area (Å²) in [6, 6.07) is 5.77. The van der Waals surface area contributed by atoms with Crippen molar-refractivity contribution in [1.29, 1.82) is 0 Å². The van der Waals surface area contributed by atoms with E-state index in [1.54, 1.807) is 0 Å². The van der Waals surface area contributed by atoms with E-state index in [2.05, 4.69) is 20.8 Å². The second-order valence-corrected chi connectivity index (χ2v) is 4.92. The van der Waals surface area contributed by atoms with Crippen LogP contribution in [0.3, 0.4) is 0 Å². The van der Waals surface area contributed by atoms with Gasteiger partial charge in [-0.25, -0.2) is 0 Å². The van der Waals surface area contributed by atoms with Crippen molar-refractivity contribution in [3.05, 3.63) is 34.9 Å². The van der Waals surface area contributed by atoms with Crippen molar-refractivity contribution in [2.75, 3.05) is 0 Å². The van der Waals surface area contributed by atoms with E-state index in [4.69, 9.17) is 22.3 Å². The molecule has 0 aliphatic carbocycles. The highest BCUT2D eigenvalue weighted by Crippen LogP contribution is 2.24. The van der Waals surface area contributed by atoms with Gasteiger partial charge in [-0.3, -0.25) is 22.3 Å². The normalized spacial score (nSPS) is 11.2. The third-order valence-corrected chi connectivity index (χ3v) is 2.51. The lowest BCUT2D eigenvalue weighted by Gasteiger charge is -2.19. The lowest BCUT2D eigenvalue weighted by atomic mass is 9.85. The molecule has 4 nitrogen and oxygen atoms in total. The number of rotatable bonds is 2. The summed E-state index contributed by atoms with van der Waals surface area (Å²) in [7, 11) is 0. The summed E-state index contributed by atoms with van der Waals surface area (Å²) >= 11 is 0. The Morgan fingerprint density at radius 1 is 1.00 bits per heavy atom. The molecule has 1 aromatic carbocycles. The summed E-state index contributed by atoms with van der Waals surface area (Å²) in [4.78, 5) is 0. The monoisotopic (exact) mass is 220 g/mol. The second-order valence-electron chi connectivity index (χ2n) is 4.92. The smallest absolute Gasteiger partial charge is 0.271 e. The van der Waals surface area contributed by atoms with Crippen molar-refractivity contribution >= 4 is 11.7 Å². The highest BCUT2D eigenvalue weighted by Gasteiger charge is 2.20. The minimum Gasteiger partial charge on any atom is -0.287 e. The van der Waals surface area contributed by atoms with Crippen LogP contribution < -0.4 is 22.3 Å². The number of amidine groups is 2. The van der Waals surface area contributed by atoms with Crippen LogP contribution >= 0.6 is 0 Å². The Morgan fingerprint density at radius 2 is 1.50 bits per heavy atom. The zero-order chi connectivity index (χ0) is 12.5. The minimum absolute atomic E-state index is 0.0338. The van der Waals surface area contributed by atoms with Gasteiger partial charge in [0.1, 0.15) is 0 Å². The maximum absolute atomic E-state index is 5.63. The molecule has 0 bridgehead atoms. The molecule has 0 atom stereocenters. The molecule has 0 fully saturated rings. The van der Waals surface area contributed by atoms with E-state index in [1.807, 2.05) is 18.2 Å². The van der Waals surface area contributed by atoms with Crippen molar-refractivity contribution in [2.24, 2.45) is 11.5 Å². The molecule has 1 rings (SSSR count). The fourth-order valence-corrected chi connectivity index (χ4v) is 1.50. The molecule has 0 amide bonds. The van der Waals surface area contributed by atoms with E-state index in [-0.39, 0.29) is 17.1 Å². The van der Waals surface area contributed by atoms with Gasteiger partial charge in [0.2, 0.25) is 0 Å². The molecule has 0 spiro atoms. The topological polar surface area (TPSA) is 103 Å². The summed E-state index contributed by atoms with van der Waals surface area (Å²) in [6.45, 7) is 6.36. The predicted molar refractivity (Wildman–Crippen MR) is 65.6 cm³/mol. The lowest BCUT2D eigenvalue weighted by Crippen LogP contribution is -2.51. The van der Waals surface area contributed by atoms with Gasteiger partial charge < -0.3 is 0 Å². The maximum Gasteiger partial charge on any atom is 0.271 e. The quantitative estimate of drug-likeness (QED) is 0.339. The standard InChI is InChI=1S/C12H18N4/c1-12(2,3)7-4-5-8(10(13)14)9(6-7)11(15)16/h4-6H,1-3H3,(H3,13,14)(H3,15,16)/p+2. The maximum atomic E-state index is 5.63. The number of hydrogen-bond donors (Lipinski definition) is 4. The molecule has 0 heterocycles. The van der Waals surface area contributed by atoms with Crippen LogP contribution in [-0.2, 0) is 5.41 Å². The van der Waals surface area contributed by atoms with Crippen molar-refractivity contribution in [2.45, 2.75) is 26.2 Å². The van der Waals surface area contributed by atoms with Crippen LogP contribution in [0, 0.1) is 0 Å².